The van der Waals surface area contributed by atoms with Crippen molar-refractivity contribution in [2.24, 2.45) is 0 Å². The lowest BCUT2D eigenvalue weighted by Gasteiger charge is -2.15. The van der Waals surface area contributed by atoms with E-state index in [1.54, 1.807) is 36.4 Å². The Kier molecular flexibility index (Phi) is 7.05. The molecular weight excluding hydrogens is 348 g/mol. The molecular formula is C20H24N2O5. The van der Waals surface area contributed by atoms with Crippen LogP contribution in [0.1, 0.15) is 20.3 Å². The second-order valence-electron chi connectivity index (χ2n) is 6.00. The molecule has 2 rings (SSSR count). The monoisotopic (exact) mass is 372 g/mol. The Morgan fingerprint density at radius 2 is 1.56 bits per heavy atom. The van der Waals surface area contributed by atoms with Crippen molar-refractivity contribution in [2.75, 3.05) is 24.9 Å². The zero-order valence-corrected chi connectivity index (χ0v) is 15.9. The molecule has 27 heavy (non-hydrogen) atoms. The van der Waals surface area contributed by atoms with Gasteiger partial charge in [0, 0.05) is 6.07 Å². The van der Waals surface area contributed by atoms with Crippen molar-refractivity contribution in [1.82, 2.24) is 0 Å². The summed E-state index contributed by atoms with van der Waals surface area (Å²) < 4.78 is 16.0. The maximum absolute atomic E-state index is 12.2. The first-order valence-electron chi connectivity index (χ1n) is 8.50. The van der Waals surface area contributed by atoms with E-state index in [1.807, 2.05) is 19.9 Å². The van der Waals surface area contributed by atoms with E-state index in [0.717, 1.165) is 0 Å². The van der Waals surface area contributed by atoms with Crippen LogP contribution in [0.25, 0.3) is 0 Å². The number of amides is 2. The molecule has 2 N–H and O–H groups in total. The lowest BCUT2D eigenvalue weighted by molar-refractivity contribution is -0.123. The fourth-order valence-corrected chi connectivity index (χ4v) is 2.37. The van der Waals surface area contributed by atoms with Gasteiger partial charge in [0.2, 0.25) is 11.8 Å². The molecule has 0 aromatic heterocycles. The van der Waals surface area contributed by atoms with Crippen molar-refractivity contribution in [3.63, 3.8) is 0 Å². The van der Waals surface area contributed by atoms with E-state index in [9.17, 15) is 9.59 Å². The lowest BCUT2D eigenvalue weighted by Crippen LogP contribution is -2.22. The Balaban J connectivity index is 2.02. The first-order chi connectivity index (χ1) is 12.9. The van der Waals surface area contributed by atoms with Crippen molar-refractivity contribution in [1.29, 1.82) is 0 Å². The van der Waals surface area contributed by atoms with Crippen molar-refractivity contribution < 1.29 is 23.8 Å². The molecule has 0 aliphatic carbocycles. The summed E-state index contributed by atoms with van der Waals surface area (Å²) in [4.78, 5) is 24.5. The molecule has 2 aromatic carbocycles. The summed E-state index contributed by atoms with van der Waals surface area (Å²) in [5.74, 6) is 0.668. The first kappa shape index (κ1) is 20.1. The van der Waals surface area contributed by atoms with Gasteiger partial charge in [-0.05, 0) is 38.1 Å². The summed E-state index contributed by atoms with van der Waals surface area (Å²) in [6, 6.07) is 12.1. The van der Waals surface area contributed by atoms with Gasteiger partial charge in [-0.3, -0.25) is 9.59 Å². The molecule has 0 radical (unpaired) electrons. The highest BCUT2D eigenvalue weighted by Crippen LogP contribution is 2.29. The van der Waals surface area contributed by atoms with Gasteiger partial charge in [0.1, 0.15) is 23.7 Å². The van der Waals surface area contributed by atoms with Crippen LogP contribution in [0.2, 0.25) is 0 Å². The molecule has 7 heteroatoms. The van der Waals surface area contributed by atoms with Crippen molar-refractivity contribution in [3.05, 3.63) is 42.5 Å². The molecule has 2 amide bonds. The minimum Gasteiger partial charge on any atom is -0.497 e. The minimum absolute atomic E-state index is 0.0353. The van der Waals surface area contributed by atoms with Crippen LogP contribution in [0.3, 0.4) is 0 Å². The molecule has 0 saturated heterocycles. The maximum Gasteiger partial charge on any atom is 0.233 e. The fraction of sp³-hybridized carbons (Fsp3) is 0.300. The summed E-state index contributed by atoms with van der Waals surface area (Å²) in [7, 11) is 3.02. The molecule has 0 atom stereocenters. The Morgan fingerprint density at radius 1 is 0.889 bits per heavy atom. The summed E-state index contributed by atoms with van der Waals surface area (Å²) in [6.07, 6.45) is -0.386. The van der Waals surface area contributed by atoms with E-state index in [1.165, 1.54) is 14.2 Å². The molecule has 0 bridgehead atoms. The van der Waals surface area contributed by atoms with Crippen LogP contribution in [0.5, 0.6) is 17.2 Å². The maximum atomic E-state index is 12.2. The average Bonchev–Trinajstić information content (AvgIpc) is 2.62. The van der Waals surface area contributed by atoms with Gasteiger partial charge in [-0.1, -0.05) is 12.1 Å². The predicted molar refractivity (Wildman–Crippen MR) is 104 cm³/mol. The molecule has 0 fully saturated rings. The molecule has 0 unspecified atom stereocenters. The lowest BCUT2D eigenvalue weighted by atomic mass is 10.2. The second-order valence-corrected chi connectivity index (χ2v) is 6.00. The number of hydrogen-bond donors (Lipinski definition) is 2. The number of rotatable bonds is 8. The van der Waals surface area contributed by atoms with Crippen molar-refractivity contribution >= 4 is 23.2 Å². The molecule has 0 aliphatic heterocycles. The van der Waals surface area contributed by atoms with Gasteiger partial charge in [-0.25, -0.2) is 0 Å². The first-order valence-corrected chi connectivity index (χ1v) is 8.50. The zero-order valence-electron chi connectivity index (χ0n) is 15.9. The van der Waals surface area contributed by atoms with E-state index in [2.05, 4.69) is 10.6 Å². The van der Waals surface area contributed by atoms with Crippen LogP contribution in [0.15, 0.2) is 42.5 Å². The molecule has 0 spiro atoms. The topological polar surface area (TPSA) is 85.9 Å². The molecule has 0 aliphatic rings. The van der Waals surface area contributed by atoms with E-state index >= 15 is 0 Å². The van der Waals surface area contributed by atoms with Gasteiger partial charge in [0.25, 0.3) is 0 Å². The van der Waals surface area contributed by atoms with Crippen molar-refractivity contribution in [2.45, 2.75) is 26.4 Å². The highest BCUT2D eigenvalue weighted by atomic mass is 16.5. The Bertz CT molecular complexity index is 805. The third-order valence-electron chi connectivity index (χ3n) is 3.53. The van der Waals surface area contributed by atoms with Crippen LogP contribution < -0.4 is 24.8 Å². The number of ether oxygens (including phenoxy) is 3. The standard InChI is InChI=1S/C20H24N2O5/c1-13(2)27-18-8-6-5-7-15(18)21-19(23)12-20(24)22-16-11-14(25-3)9-10-17(16)26-4/h5-11,13H,12H2,1-4H3,(H,21,23)(H,22,24). The Hall–Kier alpha value is -3.22. The van der Waals surface area contributed by atoms with E-state index in [4.69, 9.17) is 14.2 Å². The SMILES string of the molecule is COc1ccc(OC)c(NC(=O)CC(=O)Nc2ccccc2OC(C)C)c1. The number of para-hydroxylation sites is 2. The fourth-order valence-electron chi connectivity index (χ4n) is 2.37. The number of benzene rings is 2. The highest BCUT2D eigenvalue weighted by Gasteiger charge is 2.15. The Morgan fingerprint density at radius 3 is 2.19 bits per heavy atom. The van der Waals surface area contributed by atoms with E-state index in [-0.39, 0.29) is 12.5 Å². The summed E-state index contributed by atoms with van der Waals surface area (Å²) in [6.45, 7) is 3.79. The summed E-state index contributed by atoms with van der Waals surface area (Å²) >= 11 is 0. The van der Waals surface area contributed by atoms with E-state index < -0.39 is 11.8 Å². The normalized spacial score (nSPS) is 10.3. The van der Waals surface area contributed by atoms with Gasteiger partial charge in [0.05, 0.1) is 31.7 Å². The summed E-state index contributed by atoms with van der Waals surface area (Å²) in [5, 5.41) is 5.37. The smallest absolute Gasteiger partial charge is 0.233 e. The number of methoxy groups -OCH3 is 2. The third kappa shape index (κ3) is 5.91. The summed E-state index contributed by atoms with van der Waals surface area (Å²) in [5.41, 5.74) is 0.946. The number of carbonyl (C=O) groups excluding carboxylic acids is 2. The molecule has 2 aromatic rings. The van der Waals surface area contributed by atoms with Gasteiger partial charge in [0.15, 0.2) is 0 Å². The minimum atomic E-state index is -0.471. The van der Waals surface area contributed by atoms with Crippen LogP contribution >= 0.6 is 0 Å². The van der Waals surface area contributed by atoms with Crippen LogP contribution in [-0.2, 0) is 9.59 Å². The second kappa shape index (κ2) is 9.47. The molecule has 144 valence electrons. The number of carbonyl (C=O) groups is 2. The van der Waals surface area contributed by atoms with Crippen LogP contribution in [0, 0.1) is 0 Å². The number of anilines is 2. The Labute approximate surface area is 158 Å². The highest BCUT2D eigenvalue weighted by molar-refractivity contribution is 6.08. The number of hydrogen-bond acceptors (Lipinski definition) is 5. The van der Waals surface area contributed by atoms with Crippen LogP contribution in [0.4, 0.5) is 11.4 Å². The van der Waals surface area contributed by atoms with Gasteiger partial charge >= 0.3 is 0 Å². The average molecular weight is 372 g/mol. The molecule has 0 heterocycles. The van der Waals surface area contributed by atoms with Gasteiger partial charge < -0.3 is 24.8 Å². The van der Waals surface area contributed by atoms with Crippen LogP contribution in [-0.4, -0.2) is 32.1 Å². The van der Waals surface area contributed by atoms with Gasteiger partial charge in [-0.15, -0.1) is 0 Å². The predicted octanol–water partition coefficient (Wildman–Crippen LogP) is 3.46. The third-order valence-corrected chi connectivity index (χ3v) is 3.53. The largest absolute Gasteiger partial charge is 0.497 e. The number of nitrogens with one attached hydrogen (secondary N) is 2. The quantitative estimate of drug-likeness (QED) is 0.693. The van der Waals surface area contributed by atoms with Gasteiger partial charge in [-0.2, -0.15) is 0 Å². The zero-order chi connectivity index (χ0) is 19.8. The molecule has 0 saturated carbocycles. The van der Waals surface area contributed by atoms with Crippen molar-refractivity contribution in [3.8, 4) is 17.2 Å². The van der Waals surface area contributed by atoms with E-state index in [0.29, 0.717) is 28.6 Å². The molecule has 7 nitrogen and oxygen atoms in total.